The minimum Gasteiger partial charge on any atom is -0.487 e. The third-order valence-corrected chi connectivity index (χ3v) is 3.11. The number of hydrogen-bond donors (Lipinski definition) is 1. The Morgan fingerprint density at radius 3 is 2.55 bits per heavy atom. The van der Waals surface area contributed by atoms with Crippen LogP contribution < -0.4 is 10.1 Å². The first-order valence-electron chi connectivity index (χ1n) is 6.99. The van der Waals surface area contributed by atoms with Gasteiger partial charge in [-0.1, -0.05) is 13.8 Å². The van der Waals surface area contributed by atoms with Gasteiger partial charge in [0.05, 0.1) is 11.5 Å². The highest BCUT2D eigenvalue weighted by Crippen LogP contribution is 2.29. The van der Waals surface area contributed by atoms with Gasteiger partial charge in [-0.25, -0.2) is 0 Å². The Bertz CT molecular complexity index is 434. The zero-order valence-electron chi connectivity index (χ0n) is 12.4. The SMILES string of the molecule is CCOc1cc(NCCN(CC)CC)ccc1[N+](=O)[O-]. The first-order valence-corrected chi connectivity index (χ1v) is 6.99. The molecule has 0 radical (unpaired) electrons. The summed E-state index contributed by atoms with van der Waals surface area (Å²) in [5.41, 5.74) is 0.840. The molecule has 0 unspecified atom stereocenters. The number of anilines is 1. The highest BCUT2D eigenvalue weighted by atomic mass is 16.6. The van der Waals surface area contributed by atoms with Crippen LogP contribution in [0.1, 0.15) is 20.8 Å². The lowest BCUT2D eigenvalue weighted by Gasteiger charge is -2.18. The Kier molecular flexibility index (Phi) is 6.79. The van der Waals surface area contributed by atoms with Gasteiger partial charge in [0.15, 0.2) is 5.75 Å². The number of rotatable bonds is 9. The van der Waals surface area contributed by atoms with Crippen LogP contribution in [0.25, 0.3) is 0 Å². The Balaban J connectivity index is 2.67. The molecule has 0 aromatic heterocycles. The van der Waals surface area contributed by atoms with E-state index in [1.165, 1.54) is 6.07 Å². The average molecular weight is 281 g/mol. The van der Waals surface area contributed by atoms with Gasteiger partial charge in [0.1, 0.15) is 0 Å². The first kappa shape index (κ1) is 16.2. The van der Waals surface area contributed by atoms with Crippen molar-refractivity contribution in [2.24, 2.45) is 0 Å². The van der Waals surface area contributed by atoms with Crippen LogP contribution in [0.2, 0.25) is 0 Å². The van der Waals surface area contributed by atoms with Gasteiger partial charge in [0, 0.05) is 30.9 Å². The topological polar surface area (TPSA) is 67.6 Å². The van der Waals surface area contributed by atoms with Crippen LogP contribution >= 0.6 is 0 Å². The van der Waals surface area contributed by atoms with Crippen molar-refractivity contribution in [3.8, 4) is 5.75 Å². The molecular formula is C14H23N3O3. The lowest BCUT2D eigenvalue weighted by Crippen LogP contribution is -2.28. The summed E-state index contributed by atoms with van der Waals surface area (Å²) in [6.45, 7) is 10.2. The summed E-state index contributed by atoms with van der Waals surface area (Å²) in [6, 6.07) is 4.87. The number of ether oxygens (including phenoxy) is 1. The van der Waals surface area contributed by atoms with E-state index in [9.17, 15) is 10.1 Å². The van der Waals surface area contributed by atoms with Crippen molar-refractivity contribution in [3.63, 3.8) is 0 Å². The Hall–Kier alpha value is -1.82. The van der Waals surface area contributed by atoms with Crippen LogP contribution in [0.15, 0.2) is 18.2 Å². The monoisotopic (exact) mass is 281 g/mol. The average Bonchev–Trinajstić information content (AvgIpc) is 2.44. The maximum Gasteiger partial charge on any atom is 0.311 e. The zero-order valence-corrected chi connectivity index (χ0v) is 12.4. The van der Waals surface area contributed by atoms with Crippen LogP contribution in [0.3, 0.4) is 0 Å². The Morgan fingerprint density at radius 2 is 2.00 bits per heavy atom. The molecule has 0 atom stereocenters. The molecule has 0 saturated heterocycles. The molecule has 0 spiro atoms. The van der Waals surface area contributed by atoms with Crippen molar-refractivity contribution in [2.45, 2.75) is 20.8 Å². The van der Waals surface area contributed by atoms with E-state index in [0.29, 0.717) is 12.4 Å². The van der Waals surface area contributed by atoms with Crippen LogP contribution in [0.4, 0.5) is 11.4 Å². The van der Waals surface area contributed by atoms with Crippen molar-refractivity contribution >= 4 is 11.4 Å². The summed E-state index contributed by atoms with van der Waals surface area (Å²) < 4.78 is 5.32. The first-order chi connectivity index (χ1) is 9.62. The summed E-state index contributed by atoms with van der Waals surface area (Å²) in [7, 11) is 0. The lowest BCUT2D eigenvalue weighted by atomic mass is 10.2. The van der Waals surface area contributed by atoms with Gasteiger partial charge >= 0.3 is 5.69 Å². The number of nitrogens with one attached hydrogen (secondary N) is 1. The van der Waals surface area contributed by atoms with Gasteiger partial charge in [-0.3, -0.25) is 10.1 Å². The molecule has 0 aliphatic rings. The molecule has 0 fully saturated rings. The summed E-state index contributed by atoms with van der Waals surface area (Å²) in [4.78, 5) is 12.8. The van der Waals surface area contributed by atoms with Gasteiger partial charge in [-0.15, -0.1) is 0 Å². The number of hydrogen-bond acceptors (Lipinski definition) is 5. The van der Waals surface area contributed by atoms with Crippen molar-refractivity contribution in [1.29, 1.82) is 0 Å². The number of likely N-dealkylation sites (N-methyl/N-ethyl adjacent to an activating group) is 1. The van der Waals surface area contributed by atoms with E-state index in [2.05, 4.69) is 24.1 Å². The molecule has 112 valence electrons. The van der Waals surface area contributed by atoms with Crippen molar-refractivity contribution in [3.05, 3.63) is 28.3 Å². The Morgan fingerprint density at radius 1 is 1.30 bits per heavy atom. The smallest absolute Gasteiger partial charge is 0.311 e. The predicted octanol–water partition coefficient (Wildman–Crippen LogP) is 2.75. The molecule has 0 amide bonds. The number of benzene rings is 1. The minimum atomic E-state index is -0.426. The standard InChI is InChI=1S/C14H23N3O3/c1-4-16(5-2)10-9-15-12-7-8-13(17(18)19)14(11-12)20-6-3/h7-8,11,15H,4-6,9-10H2,1-3H3. The number of nitro groups is 1. The van der Waals surface area contributed by atoms with Gasteiger partial charge in [0.25, 0.3) is 0 Å². The second-order valence-corrected chi connectivity index (χ2v) is 4.33. The van der Waals surface area contributed by atoms with E-state index >= 15 is 0 Å². The van der Waals surface area contributed by atoms with Gasteiger partial charge in [-0.2, -0.15) is 0 Å². The zero-order chi connectivity index (χ0) is 15.0. The van der Waals surface area contributed by atoms with E-state index in [1.54, 1.807) is 12.1 Å². The molecule has 0 bridgehead atoms. The van der Waals surface area contributed by atoms with Crippen molar-refractivity contribution < 1.29 is 9.66 Å². The van der Waals surface area contributed by atoms with Gasteiger partial charge in [0.2, 0.25) is 0 Å². The number of nitro benzene ring substituents is 1. The highest BCUT2D eigenvalue weighted by molar-refractivity contribution is 5.58. The molecule has 0 saturated carbocycles. The summed E-state index contributed by atoms with van der Waals surface area (Å²) in [5, 5.41) is 14.2. The highest BCUT2D eigenvalue weighted by Gasteiger charge is 2.15. The molecule has 1 N–H and O–H groups in total. The second-order valence-electron chi connectivity index (χ2n) is 4.33. The molecule has 1 aromatic carbocycles. The van der Waals surface area contributed by atoms with E-state index in [-0.39, 0.29) is 5.69 Å². The predicted molar refractivity (Wildman–Crippen MR) is 80.5 cm³/mol. The van der Waals surface area contributed by atoms with E-state index in [0.717, 1.165) is 31.9 Å². The summed E-state index contributed by atoms with van der Waals surface area (Å²) >= 11 is 0. The van der Waals surface area contributed by atoms with E-state index in [4.69, 9.17) is 4.74 Å². The normalized spacial score (nSPS) is 10.6. The fraction of sp³-hybridized carbons (Fsp3) is 0.571. The molecule has 1 rings (SSSR count). The van der Waals surface area contributed by atoms with Crippen molar-refractivity contribution in [2.75, 3.05) is 38.1 Å². The Labute approximate surface area is 119 Å². The fourth-order valence-electron chi connectivity index (χ4n) is 1.94. The van der Waals surface area contributed by atoms with E-state index in [1.807, 2.05) is 6.92 Å². The second kappa shape index (κ2) is 8.37. The van der Waals surface area contributed by atoms with Gasteiger partial charge < -0.3 is 15.0 Å². The van der Waals surface area contributed by atoms with E-state index < -0.39 is 4.92 Å². The molecule has 0 heterocycles. The molecule has 1 aromatic rings. The molecule has 0 aliphatic heterocycles. The summed E-state index contributed by atoms with van der Waals surface area (Å²) in [6.07, 6.45) is 0. The van der Waals surface area contributed by atoms with Gasteiger partial charge in [-0.05, 0) is 26.1 Å². The van der Waals surface area contributed by atoms with Crippen LogP contribution in [0.5, 0.6) is 5.75 Å². The molecular weight excluding hydrogens is 258 g/mol. The molecule has 6 nitrogen and oxygen atoms in total. The lowest BCUT2D eigenvalue weighted by molar-refractivity contribution is -0.385. The fourth-order valence-corrected chi connectivity index (χ4v) is 1.94. The third-order valence-electron chi connectivity index (χ3n) is 3.11. The quantitative estimate of drug-likeness (QED) is 0.557. The maximum absolute atomic E-state index is 10.9. The molecule has 20 heavy (non-hydrogen) atoms. The summed E-state index contributed by atoms with van der Waals surface area (Å²) in [5.74, 6) is 0.310. The van der Waals surface area contributed by atoms with Crippen molar-refractivity contribution in [1.82, 2.24) is 4.90 Å². The number of nitrogens with zero attached hydrogens (tertiary/aromatic N) is 2. The largest absolute Gasteiger partial charge is 0.487 e. The maximum atomic E-state index is 10.9. The molecule has 0 aliphatic carbocycles. The third kappa shape index (κ3) is 4.70. The van der Waals surface area contributed by atoms with Crippen LogP contribution in [-0.2, 0) is 0 Å². The van der Waals surface area contributed by atoms with Crippen LogP contribution in [0, 0.1) is 10.1 Å². The van der Waals surface area contributed by atoms with Crippen LogP contribution in [-0.4, -0.2) is 42.6 Å². The minimum absolute atomic E-state index is 0.00106. The molecule has 6 heteroatoms.